The zero-order valence-corrected chi connectivity index (χ0v) is 9.64. The lowest BCUT2D eigenvalue weighted by atomic mass is 10.1. The number of ether oxygens (including phenoxy) is 1. The summed E-state index contributed by atoms with van der Waals surface area (Å²) >= 11 is 3.32. The fraction of sp³-hybridized carbons (Fsp3) is 0.500. The number of rotatable bonds is 2. The summed E-state index contributed by atoms with van der Waals surface area (Å²) in [5, 5.41) is 0. The number of carbonyl (C=O) groups excluding carboxylic acids is 1. The molecular weight excluding hydrogens is 232 g/mol. The molecule has 3 heteroatoms. The standard InChI is InChI=1S/C10H13BrO2/c1-10(2,3)13-9(12)6-7-4-5-8(7)11/h4-5H,6H2,1-3H3. The normalized spacial score (nSPS) is 15.7. The maximum absolute atomic E-state index is 11.3. The van der Waals surface area contributed by atoms with Crippen molar-refractivity contribution in [3.05, 3.63) is 22.2 Å². The van der Waals surface area contributed by atoms with Gasteiger partial charge in [0.05, 0.1) is 6.42 Å². The Hall–Kier alpha value is -0.570. The van der Waals surface area contributed by atoms with Crippen LogP contribution in [0.15, 0.2) is 22.2 Å². The van der Waals surface area contributed by atoms with E-state index in [4.69, 9.17) is 4.74 Å². The molecular formula is C10H13BrO2. The van der Waals surface area contributed by atoms with Crippen LogP contribution in [-0.2, 0) is 9.53 Å². The smallest absolute Gasteiger partial charge is 0.310 e. The molecule has 0 amide bonds. The molecule has 0 aromatic heterocycles. The number of hydrogen-bond acceptors (Lipinski definition) is 2. The molecule has 0 spiro atoms. The van der Waals surface area contributed by atoms with Crippen LogP contribution < -0.4 is 0 Å². The maximum atomic E-state index is 11.3. The molecule has 1 rings (SSSR count). The van der Waals surface area contributed by atoms with Crippen molar-refractivity contribution in [2.24, 2.45) is 0 Å². The summed E-state index contributed by atoms with van der Waals surface area (Å²) in [6.07, 6.45) is 4.18. The number of hydrogen-bond donors (Lipinski definition) is 0. The van der Waals surface area contributed by atoms with E-state index < -0.39 is 5.60 Å². The third-order valence-electron chi connectivity index (χ3n) is 1.49. The van der Waals surface area contributed by atoms with Crippen molar-refractivity contribution in [3.63, 3.8) is 0 Å². The van der Waals surface area contributed by atoms with Crippen LogP contribution in [0.1, 0.15) is 27.2 Å². The third kappa shape index (κ3) is 3.35. The van der Waals surface area contributed by atoms with Gasteiger partial charge in [-0.1, -0.05) is 22.0 Å². The summed E-state index contributed by atoms with van der Waals surface area (Å²) in [7, 11) is 0. The quantitative estimate of drug-likeness (QED) is 0.699. The molecule has 0 heterocycles. The molecule has 0 saturated carbocycles. The number of halogens is 1. The Morgan fingerprint density at radius 3 is 2.38 bits per heavy atom. The van der Waals surface area contributed by atoms with E-state index in [0.29, 0.717) is 6.42 Å². The van der Waals surface area contributed by atoms with Crippen LogP contribution >= 0.6 is 15.9 Å². The lowest BCUT2D eigenvalue weighted by Gasteiger charge is -2.20. The Balaban J connectivity index is 2.35. The highest BCUT2D eigenvalue weighted by Crippen LogP contribution is 2.28. The SMILES string of the molecule is CC(C)(C)OC(=O)CC1=CC=C1Br. The van der Waals surface area contributed by atoms with Crippen molar-refractivity contribution in [3.8, 4) is 0 Å². The Morgan fingerprint density at radius 1 is 1.46 bits per heavy atom. The Kier molecular flexibility index (Phi) is 2.96. The fourth-order valence-electron chi connectivity index (χ4n) is 0.941. The highest BCUT2D eigenvalue weighted by Gasteiger charge is 2.19. The highest BCUT2D eigenvalue weighted by atomic mass is 79.9. The minimum absolute atomic E-state index is 0.177. The van der Waals surface area contributed by atoms with Gasteiger partial charge in [-0.25, -0.2) is 0 Å². The highest BCUT2D eigenvalue weighted by molar-refractivity contribution is 9.12. The maximum Gasteiger partial charge on any atom is 0.310 e. The van der Waals surface area contributed by atoms with Crippen LogP contribution in [0.25, 0.3) is 0 Å². The van der Waals surface area contributed by atoms with Gasteiger partial charge in [0, 0.05) is 4.48 Å². The van der Waals surface area contributed by atoms with Crippen molar-refractivity contribution in [2.75, 3.05) is 0 Å². The number of carbonyl (C=O) groups is 1. The second-order valence-electron chi connectivity index (χ2n) is 3.97. The van der Waals surface area contributed by atoms with Crippen LogP contribution in [0.5, 0.6) is 0 Å². The molecule has 0 atom stereocenters. The van der Waals surface area contributed by atoms with E-state index in [1.165, 1.54) is 0 Å². The van der Waals surface area contributed by atoms with E-state index >= 15 is 0 Å². The third-order valence-corrected chi connectivity index (χ3v) is 2.27. The van der Waals surface area contributed by atoms with Gasteiger partial charge in [0.1, 0.15) is 5.60 Å². The minimum atomic E-state index is -0.391. The molecule has 1 aliphatic rings. The Labute approximate surface area is 86.8 Å². The van der Waals surface area contributed by atoms with Crippen molar-refractivity contribution in [1.82, 2.24) is 0 Å². The van der Waals surface area contributed by atoms with Gasteiger partial charge < -0.3 is 4.74 Å². The minimum Gasteiger partial charge on any atom is -0.460 e. The molecule has 0 saturated heterocycles. The molecule has 1 aliphatic carbocycles. The van der Waals surface area contributed by atoms with Crippen LogP contribution in [0.4, 0.5) is 0 Å². The van der Waals surface area contributed by atoms with E-state index in [0.717, 1.165) is 10.1 Å². The Morgan fingerprint density at radius 2 is 2.08 bits per heavy atom. The number of esters is 1. The van der Waals surface area contributed by atoms with Crippen LogP contribution in [0, 0.1) is 0 Å². The fourth-order valence-corrected chi connectivity index (χ4v) is 1.35. The molecule has 0 N–H and O–H groups in total. The van der Waals surface area contributed by atoms with Crippen molar-refractivity contribution in [2.45, 2.75) is 32.8 Å². The molecule has 0 aromatic carbocycles. The molecule has 0 unspecified atom stereocenters. The van der Waals surface area contributed by atoms with E-state index in [1.807, 2.05) is 32.9 Å². The van der Waals surface area contributed by atoms with Crippen LogP contribution in [-0.4, -0.2) is 11.6 Å². The summed E-state index contributed by atoms with van der Waals surface area (Å²) in [6.45, 7) is 5.60. The first-order valence-corrected chi connectivity index (χ1v) is 4.96. The lowest BCUT2D eigenvalue weighted by Crippen LogP contribution is -2.24. The molecule has 0 fully saturated rings. The van der Waals surface area contributed by atoms with Gasteiger partial charge in [0.2, 0.25) is 0 Å². The summed E-state index contributed by atoms with van der Waals surface area (Å²) in [5.74, 6) is -0.177. The largest absolute Gasteiger partial charge is 0.460 e. The molecule has 0 radical (unpaired) electrons. The molecule has 13 heavy (non-hydrogen) atoms. The molecule has 0 bridgehead atoms. The molecule has 0 aliphatic heterocycles. The van der Waals surface area contributed by atoms with Gasteiger partial charge in [-0.15, -0.1) is 0 Å². The summed E-state index contributed by atoms with van der Waals surface area (Å²) < 4.78 is 6.16. The summed E-state index contributed by atoms with van der Waals surface area (Å²) in [5.41, 5.74) is 0.617. The van der Waals surface area contributed by atoms with E-state index in [2.05, 4.69) is 15.9 Å². The van der Waals surface area contributed by atoms with Crippen molar-refractivity contribution >= 4 is 21.9 Å². The molecule has 0 aromatic rings. The zero-order valence-electron chi connectivity index (χ0n) is 8.06. The van der Waals surface area contributed by atoms with Gasteiger partial charge >= 0.3 is 5.97 Å². The average molecular weight is 245 g/mol. The summed E-state index contributed by atoms with van der Waals surface area (Å²) in [4.78, 5) is 11.3. The van der Waals surface area contributed by atoms with Crippen LogP contribution in [0.3, 0.4) is 0 Å². The van der Waals surface area contributed by atoms with Gasteiger partial charge in [0.15, 0.2) is 0 Å². The predicted octanol–water partition coefficient (Wildman–Crippen LogP) is 2.94. The first-order valence-electron chi connectivity index (χ1n) is 4.17. The molecule has 72 valence electrons. The number of allylic oxidation sites excluding steroid dienone is 3. The Bertz CT molecular complexity index is 282. The monoisotopic (exact) mass is 244 g/mol. The van der Waals surface area contributed by atoms with Gasteiger partial charge in [-0.2, -0.15) is 0 Å². The van der Waals surface area contributed by atoms with Crippen molar-refractivity contribution in [1.29, 1.82) is 0 Å². The van der Waals surface area contributed by atoms with Gasteiger partial charge in [0.25, 0.3) is 0 Å². The predicted molar refractivity (Wildman–Crippen MR) is 55.6 cm³/mol. The van der Waals surface area contributed by atoms with Crippen molar-refractivity contribution < 1.29 is 9.53 Å². The van der Waals surface area contributed by atoms with E-state index in [-0.39, 0.29) is 5.97 Å². The second kappa shape index (κ2) is 3.66. The van der Waals surface area contributed by atoms with Crippen LogP contribution in [0.2, 0.25) is 0 Å². The topological polar surface area (TPSA) is 26.3 Å². The van der Waals surface area contributed by atoms with Gasteiger partial charge in [-0.05, 0) is 32.4 Å². The second-order valence-corrected chi connectivity index (χ2v) is 4.82. The first kappa shape index (κ1) is 10.5. The zero-order chi connectivity index (χ0) is 10.1. The van der Waals surface area contributed by atoms with Gasteiger partial charge in [-0.3, -0.25) is 4.79 Å². The average Bonchev–Trinajstić information content (AvgIpc) is 1.94. The lowest BCUT2D eigenvalue weighted by molar-refractivity contribution is -0.153. The van der Waals surface area contributed by atoms with E-state index in [9.17, 15) is 4.79 Å². The first-order chi connectivity index (χ1) is 5.88. The summed E-state index contributed by atoms with van der Waals surface area (Å²) in [6, 6.07) is 0. The van der Waals surface area contributed by atoms with E-state index in [1.54, 1.807) is 0 Å². The molecule has 2 nitrogen and oxygen atoms in total.